The average Bonchev–Trinajstić information content (AvgIpc) is 2.68. The molecule has 0 fully saturated rings. The first-order valence-corrected chi connectivity index (χ1v) is 14.4. The molecule has 0 saturated carbocycles. The summed E-state index contributed by atoms with van der Waals surface area (Å²) < 4.78 is 5.94. The van der Waals surface area contributed by atoms with Crippen LogP contribution in [0, 0.1) is 0 Å². The molecule has 0 aromatic carbocycles. The van der Waals surface area contributed by atoms with Crippen molar-refractivity contribution in [1.29, 1.82) is 0 Å². The number of hydrogen-bond acceptors (Lipinski definition) is 3. The molecule has 0 spiro atoms. The summed E-state index contributed by atoms with van der Waals surface area (Å²) in [5.41, 5.74) is 0.415. The van der Waals surface area contributed by atoms with Gasteiger partial charge < -0.3 is 4.74 Å². The van der Waals surface area contributed by atoms with Crippen molar-refractivity contribution in [3.8, 4) is 0 Å². The molecule has 3 heteroatoms. The van der Waals surface area contributed by atoms with Gasteiger partial charge in [0.1, 0.15) is 5.44 Å². The van der Waals surface area contributed by atoms with E-state index in [0.717, 1.165) is 6.61 Å². The molecule has 0 aliphatic carbocycles. The summed E-state index contributed by atoms with van der Waals surface area (Å²) in [5.74, 6) is 3.76. The SMILES string of the molecule is CCCCCCCCCCSCC(OCC)SCCCCCCCCCC. The summed E-state index contributed by atoms with van der Waals surface area (Å²) in [6, 6.07) is 0. The Bertz CT molecular complexity index is 261. The Hall–Kier alpha value is 0.660. The second-order valence-corrected chi connectivity index (χ2v) is 10.2. The van der Waals surface area contributed by atoms with Crippen LogP contribution in [0.15, 0.2) is 0 Å². The summed E-state index contributed by atoms with van der Waals surface area (Å²) in [5, 5.41) is 0. The van der Waals surface area contributed by atoms with Gasteiger partial charge in [-0.05, 0) is 31.3 Å². The standard InChI is InChI=1S/C24H50OS2/c1-4-7-9-11-13-15-17-19-21-26-23-24(25-6-3)27-22-20-18-16-14-12-10-8-5-2/h24H,4-23H2,1-3H3. The van der Waals surface area contributed by atoms with Crippen LogP contribution in [-0.4, -0.2) is 29.3 Å². The molecule has 0 heterocycles. The highest BCUT2D eigenvalue weighted by Gasteiger charge is 2.08. The molecule has 0 aliphatic rings. The van der Waals surface area contributed by atoms with Gasteiger partial charge in [-0.1, -0.05) is 104 Å². The number of rotatable bonds is 23. The van der Waals surface area contributed by atoms with E-state index in [1.165, 1.54) is 120 Å². The van der Waals surface area contributed by atoms with Gasteiger partial charge in [0.25, 0.3) is 0 Å². The van der Waals surface area contributed by atoms with E-state index in [0.29, 0.717) is 5.44 Å². The van der Waals surface area contributed by atoms with E-state index < -0.39 is 0 Å². The van der Waals surface area contributed by atoms with Gasteiger partial charge >= 0.3 is 0 Å². The molecule has 0 aliphatic heterocycles. The zero-order valence-corrected chi connectivity index (χ0v) is 20.6. The number of unbranched alkanes of at least 4 members (excludes halogenated alkanes) is 14. The molecule has 0 bridgehead atoms. The van der Waals surface area contributed by atoms with E-state index in [2.05, 4.69) is 44.3 Å². The average molecular weight is 419 g/mol. The smallest absolute Gasteiger partial charge is 0.112 e. The van der Waals surface area contributed by atoms with Crippen molar-refractivity contribution in [3.05, 3.63) is 0 Å². The first-order valence-electron chi connectivity index (χ1n) is 12.2. The molecule has 164 valence electrons. The predicted octanol–water partition coefficient (Wildman–Crippen LogP) is 9.10. The predicted molar refractivity (Wildman–Crippen MR) is 130 cm³/mol. The summed E-state index contributed by atoms with van der Waals surface area (Å²) in [6.07, 6.45) is 22.6. The molecule has 0 N–H and O–H groups in total. The van der Waals surface area contributed by atoms with Crippen LogP contribution in [0.25, 0.3) is 0 Å². The van der Waals surface area contributed by atoms with E-state index in [4.69, 9.17) is 4.74 Å². The molecule has 0 aromatic rings. The topological polar surface area (TPSA) is 9.23 Å². The van der Waals surface area contributed by atoms with Gasteiger partial charge in [0.05, 0.1) is 0 Å². The second kappa shape index (κ2) is 24.7. The summed E-state index contributed by atoms with van der Waals surface area (Å²) in [7, 11) is 0. The van der Waals surface area contributed by atoms with Gasteiger partial charge in [-0.2, -0.15) is 11.8 Å². The Balaban J connectivity index is 3.41. The van der Waals surface area contributed by atoms with Gasteiger partial charge in [0, 0.05) is 12.4 Å². The Kier molecular flexibility index (Phi) is 25.3. The molecular weight excluding hydrogens is 368 g/mol. The van der Waals surface area contributed by atoms with Crippen molar-refractivity contribution in [2.45, 2.75) is 129 Å². The third-order valence-corrected chi connectivity index (χ3v) is 7.58. The molecule has 0 saturated heterocycles. The van der Waals surface area contributed by atoms with Gasteiger partial charge in [-0.3, -0.25) is 0 Å². The fourth-order valence-corrected chi connectivity index (χ4v) is 5.70. The molecule has 0 aromatic heterocycles. The lowest BCUT2D eigenvalue weighted by molar-refractivity contribution is 0.140. The number of hydrogen-bond donors (Lipinski definition) is 0. The molecule has 1 atom stereocenters. The first-order chi connectivity index (χ1) is 13.3. The number of thioether (sulfide) groups is 2. The van der Waals surface area contributed by atoms with Crippen molar-refractivity contribution in [3.63, 3.8) is 0 Å². The van der Waals surface area contributed by atoms with Crippen molar-refractivity contribution >= 4 is 23.5 Å². The minimum absolute atomic E-state index is 0.415. The third-order valence-electron chi connectivity index (χ3n) is 5.05. The largest absolute Gasteiger partial charge is 0.367 e. The monoisotopic (exact) mass is 418 g/mol. The highest BCUT2D eigenvalue weighted by molar-refractivity contribution is 8.03. The fraction of sp³-hybridized carbons (Fsp3) is 1.00. The highest BCUT2D eigenvalue weighted by atomic mass is 32.2. The molecule has 1 nitrogen and oxygen atoms in total. The molecule has 0 radical (unpaired) electrons. The highest BCUT2D eigenvalue weighted by Crippen LogP contribution is 2.21. The zero-order chi connectivity index (χ0) is 19.8. The summed E-state index contributed by atoms with van der Waals surface area (Å²) in [4.78, 5) is 0. The molecule has 27 heavy (non-hydrogen) atoms. The first kappa shape index (κ1) is 27.7. The van der Waals surface area contributed by atoms with Crippen LogP contribution in [-0.2, 0) is 4.74 Å². The van der Waals surface area contributed by atoms with Gasteiger partial charge in [-0.25, -0.2) is 0 Å². The number of ether oxygens (including phenoxy) is 1. The van der Waals surface area contributed by atoms with E-state index >= 15 is 0 Å². The van der Waals surface area contributed by atoms with Crippen molar-refractivity contribution in [2.24, 2.45) is 0 Å². The van der Waals surface area contributed by atoms with Gasteiger partial charge in [0.2, 0.25) is 0 Å². The van der Waals surface area contributed by atoms with Crippen LogP contribution < -0.4 is 0 Å². The van der Waals surface area contributed by atoms with Crippen molar-refractivity contribution < 1.29 is 4.74 Å². The summed E-state index contributed by atoms with van der Waals surface area (Å²) >= 11 is 4.16. The van der Waals surface area contributed by atoms with E-state index in [1.807, 2.05) is 0 Å². The Morgan fingerprint density at radius 2 is 1.00 bits per heavy atom. The van der Waals surface area contributed by atoms with Crippen LogP contribution in [0.3, 0.4) is 0 Å². The fourth-order valence-electron chi connectivity index (χ4n) is 3.30. The summed E-state index contributed by atoms with van der Waals surface area (Å²) in [6.45, 7) is 7.57. The lowest BCUT2D eigenvalue weighted by Crippen LogP contribution is -2.12. The minimum Gasteiger partial charge on any atom is -0.367 e. The third kappa shape index (κ3) is 22.8. The normalized spacial score (nSPS) is 12.6. The van der Waals surface area contributed by atoms with Crippen molar-refractivity contribution in [1.82, 2.24) is 0 Å². The maximum Gasteiger partial charge on any atom is 0.112 e. The van der Waals surface area contributed by atoms with Crippen molar-refractivity contribution in [2.75, 3.05) is 23.9 Å². The molecule has 0 amide bonds. The quantitative estimate of drug-likeness (QED) is 0.121. The lowest BCUT2D eigenvalue weighted by atomic mass is 10.1. The van der Waals surface area contributed by atoms with Crippen LogP contribution >= 0.6 is 23.5 Å². The lowest BCUT2D eigenvalue weighted by Gasteiger charge is -2.16. The maximum atomic E-state index is 5.94. The second-order valence-electron chi connectivity index (χ2n) is 7.78. The van der Waals surface area contributed by atoms with Crippen LogP contribution in [0.2, 0.25) is 0 Å². The van der Waals surface area contributed by atoms with Crippen LogP contribution in [0.1, 0.15) is 124 Å². The van der Waals surface area contributed by atoms with Crippen LogP contribution in [0.4, 0.5) is 0 Å². The molecule has 0 rings (SSSR count). The Labute approximate surface area is 180 Å². The van der Waals surface area contributed by atoms with E-state index in [-0.39, 0.29) is 0 Å². The van der Waals surface area contributed by atoms with E-state index in [9.17, 15) is 0 Å². The molecule has 1 unspecified atom stereocenters. The van der Waals surface area contributed by atoms with Crippen LogP contribution in [0.5, 0.6) is 0 Å². The van der Waals surface area contributed by atoms with Gasteiger partial charge in [0.15, 0.2) is 0 Å². The molecular formula is C24H50OS2. The minimum atomic E-state index is 0.415. The maximum absolute atomic E-state index is 5.94. The van der Waals surface area contributed by atoms with Gasteiger partial charge in [-0.15, -0.1) is 11.8 Å². The zero-order valence-electron chi connectivity index (χ0n) is 18.9. The Morgan fingerprint density at radius 1 is 0.556 bits per heavy atom. The Morgan fingerprint density at radius 3 is 1.48 bits per heavy atom. The van der Waals surface area contributed by atoms with E-state index in [1.54, 1.807) is 0 Å².